The highest BCUT2D eigenvalue weighted by molar-refractivity contribution is 5.80. The highest BCUT2D eigenvalue weighted by Gasteiger charge is 2.33. The van der Waals surface area contributed by atoms with E-state index in [9.17, 15) is 9.59 Å². The molecule has 0 aromatic carbocycles. The third kappa shape index (κ3) is 4.61. The fourth-order valence-electron chi connectivity index (χ4n) is 3.92. The van der Waals surface area contributed by atoms with Crippen LogP contribution in [0.2, 0.25) is 0 Å². The summed E-state index contributed by atoms with van der Waals surface area (Å²) in [5, 5.41) is 6.27. The summed E-state index contributed by atoms with van der Waals surface area (Å²) >= 11 is 0. The van der Waals surface area contributed by atoms with Gasteiger partial charge in [0.1, 0.15) is 0 Å². The van der Waals surface area contributed by atoms with Crippen LogP contribution in [0.15, 0.2) is 0 Å². The van der Waals surface area contributed by atoms with Crippen molar-refractivity contribution in [2.45, 2.75) is 64.3 Å². The summed E-state index contributed by atoms with van der Waals surface area (Å²) < 4.78 is 0. The first-order valence-corrected chi connectivity index (χ1v) is 9.46. The Hall–Kier alpha value is -1.26. The minimum atomic E-state index is 0.0511. The maximum atomic E-state index is 12.4. The van der Waals surface area contributed by atoms with Crippen LogP contribution in [0.1, 0.15) is 58.3 Å². The maximum absolute atomic E-state index is 12.4. The summed E-state index contributed by atoms with van der Waals surface area (Å²) in [5.74, 6) is 1.75. The molecule has 2 atom stereocenters. The van der Waals surface area contributed by atoms with Gasteiger partial charge >= 0.3 is 6.03 Å². The van der Waals surface area contributed by atoms with Gasteiger partial charge in [0.2, 0.25) is 5.91 Å². The molecular formula is C18H31N3O2. The first kappa shape index (κ1) is 16.6. The zero-order chi connectivity index (χ0) is 16.2. The molecule has 3 amide bonds. The highest BCUT2D eigenvalue weighted by atomic mass is 16.2. The van der Waals surface area contributed by atoms with E-state index in [0.29, 0.717) is 25.0 Å². The lowest BCUT2D eigenvalue weighted by Gasteiger charge is -2.32. The summed E-state index contributed by atoms with van der Waals surface area (Å²) in [6.45, 7) is 4.44. The summed E-state index contributed by atoms with van der Waals surface area (Å²) in [7, 11) is 0. The molecule has 0 bridgehead atoms. The average Bonchev–Trinajstić information content (AvgIpc) is 3.29. The normalized spacial score (nSPS) is 29.2. The van der Waals surface area contributed by atoms with Gasteiger partial charge in [-0.1, -0.05) is 26.2 Å². The van der Waals surface area contributed by atoms with Gasteiger partial charge in [-0.05, 0) is 43.9 Å². The van der Waals surface area contributed by atoms with Gasteiger partial charge in [-0.2, -0.15) is 0 Å². The minimum Gasteiger partial charge on any atom is -0.353 e. The number of nitrogens with one attached hydrogen (secondary N) is 2. The monoisotopic (exact) mass is 321 g/mol. The Morgan fingerprint density at radius 2 is 1.70 bits per heavy atom. The molecule has 5 heteroatoms. The standard InChI is InChI=1S/C18H31N3O2/c1-13-11-15(13)12-19-18(23)21-9-7-14(8-10-21)17(22)20-16-5-3-2-4-6-16/h13-16H,2-12H2,1H3,(H,19,23)(H,20,22). The third-order valence-electron chi connectivity index (χ3n) is 5.90. The lowest BCUT2D eigenvalue weighted by molar-refractivity contribution is -0.127. The molecular weight excluding hydrogens is 290 g/mol. The first-order chi connectivity index (χ1) is 11.1. The molecule has 1 saturated heterocycles. The summed E-state index contributed by atoms with van der Waals surface area (Å²) in [6, 6.07) is 0.438. The molecule has 3 fully saturated rings. The second-order valence-corrected chi connectivity index (χ2v) is 7.76. The van der Waals surface area contributed by atoms with Crippen LogP contribution < -0.4 is 10.6 Å². The molecule has 2 saturated carbocycles. The van der Waals surface area contributed by atoms with E-state index in [1.165, 1.54) is 25.7 Å². The SMILES string of the molecule is CC1CC1CNC(=O)N1CCC(C(=O)NC2CCCCC2)CC1. The predicted octanol–water partition coefficient (Wildman–Crippen LogP) is 2.51. The van der Waals surface area contributed by atoms with Crippen molar-refractivity contribution in [2.24, 2.45) is 17.8 Å². The highest BCUT2D eigenvalue weighted by Crippen LogP contribution is 2.36. The number of amides is 3. The van der Waals surface area contributed by atoms with Crippen molar-refractivity contribution >= 4 is 11.9 Å². The molecule has 3 rings (SSSR count). The summed E-state index contributed by atoms with van der Waals surface area (Å²) in [5.41, 5.74) is 0. The van der Waals surface area contributed by atoms with E-state index in [1.54, 1.807) is 0 Å². The zero-order valence-electron chi connectivity index (χ0n) is 14.4. The number of urea groups is 1. The van der Waals surface area contributed by atoms with Gasteiger partial charge in [-0.25, -0.2) is 4.79 Å². The predicted molar refractivity (Wildman–Crippen MR) is 90.0 cm³/mol. The fourth-order valence-corrected chi connectivity index (χ4v) is 3.92. The number of piperidine rings is 1. The number of nitrogens with zero attached hydrogens (tertiary/aromatic N) is 1. The Labute approximate surface area is 139 Å². The van der Waals surface area contributed by atoms with Crippen LogP contribution in [0.25, 0.3) is 0 Å². The van der Waals surface area contributed by atoms with Crippen molar-refractivity contribution in [3.63, 3.8) is 0 Å². The van der Waals surface area contributed by atoms with Crippen molar-refractivity contribution in [2.75, 3.05) is 19.6 Å². The van der Waals surface area contributed by atoms with Crippen LogP contribution in [0, 0.1) is 17.8 Å². The molecule has 2 unspecified atom stereocenters. The topological polar surface area (TPSA) is 61.4 Å². The molecule has 0 spiro atoms. The quantitative estimate of drug-likeness (QED) is 0.836. The van der Waals surface area contributed by atoms with E-state index < -0.39 is 0 Å². The van der Waals surface area contributed by atoms with Gasteiger partial charge in [-0.3, -0.25) is 4.79 Å². The van der Waals surface area contributed by atoms with E-state index in [0.717, 1.165) is 38.1 Å². The average molecular weight is 321 g/mol. The smallest absolute Gasteiger partial charge is 0.317 e. The second kappa shape index (κ2) is 7.54. The molecule has 2 N–H and O–H groups in total. The lowest BCUT2D eigenvalue weighted by Crippen LogP contribution is -2.48. The molecule has 0 aromatic heterocycles. The number of likely N-dealkylation sites (tertiary alicyclic amines) is 1. The molecule has 1 heterocycles. The van der Waals surface area contributed by atoms with Crippen LogP contribution >= 0.6 is 0 Å². The molecule has 0 aromatic rings. The van der Waals surface area contributed by atoms with Crippen LogP contribution in [-0.2, 0) is 4.79 Å². The van der Waals surface area contributed by atoms with Gasteiger partial charge in [0.05, 0.1) is 0 Å². The number of hydrogen-bond acceptors (Lipinski definition) is 2. The Morgan fingerprint density at radius 1 is 1.04 bits per heavy atom. The van der Waals surface area contributed by atoms with E-state index in [2.05, 4.69) is 17.6 Å². The molecule has 2 aliphatic carbocycles. The van der Waals surface area contributed by atoms with E-state index in [1.807, 2.05) is 4.90 Å². The Balaban J connectivity index is 1.35. The largest absolute Gasteiger partial charge is 0.353 e. The first-order valence-electron chi connectivity index (χ1n) is 9.46. The molecule has 5 nitrogen and oxygen atoms in total. The number of rotatable bonds is 4. The maximum Gasteiger partial charge on any atom is 0.317 e. The van der Waals surface area contributed by atoms with E-state index in [-0.39, 0.29) is 17.9 Å². The van der Waals surface area contributed by atoms with E-state index >= 15 is 0 Å². The Bertz CT molecular complexity index is 426. The number of carbonyl (C=O) groups is 2. The fraction of sp³-hybridized carbons (Fsp3) is 0.889. The Kier molecular flexibility index (Phi) is 5.44. The summed E-state index contributed by atoms with van der Waals surface area (Å²) in [6.07, 6.45) is 8.88. The van der Waals surface area contributed by atoms with Crippen molar-refractivity contribution in [1.29, 1.82) is 0 Å². The van der Waals surface area contributed by atoms with Gasteiger partial charge in [-0.15, -0.1) is 0 Å². The molecule has 1 aliphatic heterocycles. The third-order valence-corrected chi connectivity index (χ3v) is 5.90. The lowest BCUT2D eigenvalue weighted by atomic mass is 9.92. The molecule has 3 aliphatic rings. The van der Waals surface area contributed by atoms with Crippen molar-refractivity contribution in [3.05, 3.63) is 0 Å². The van der Waals surface area contributed by atoms with Gasteiger partial charge in [0.25, 0.3) is 0 Å². The number of hydrogen-bond donors (Lipinski definition) is 2. The summed E-state index contributed by atoms with van der Waals surface area (Å²) in [4.78, 5) is 26.4. The number of carbonyl (C=O) groups excluding carboxylic acids is 2. The van der Waals surface area contributed by atoms with Gasteiger partial charge in [0.15, 0.2) is 0 Å². The van der Waals surface area contributed by atoms with Crippen molar-refractivity contribution in [3.8, 4) is 0 Å². The van der Waals surface area contributed by atoms with Crippen LogP contribution in [0.4, 0.5) is 4.79 Å². The van der Waals surface area contributed by atoms with Crippen molar-refractivity contribution < 1.29 is 9.59 Å². The van der Waals surface area contributed by atoms with E-state index in [4.69, 9.17) is 0 Å². The molecule has 130 valence electrons. The van der Waals surface area contributed by atoms with Crippen LogP contribution in [0.3, 0.4) is 0 Å². The van der Waals surface area contributed by atoms with Crippen molar-refractivity contribution in [1.82, 2.24) is 15.5 Å². The Morgan fingerprint density at radius 3 is 2.30 bits per heavy atom. The van der Waals surface area contributed by atoms with Crippen LogP contribution in [-0.4, -0.2) is 42.5 Å². The second-order valence-electron chi connectivity index (χ2n) is 7.76. The van der Waals surface area contributed by atoms with Crippen LogP contribution in [0.5, 0.6) is 0 Å². The minimum absolute atomic E-state index is 0.0511. The molecule has 23 heavy (non-hydrogen) atoms. The van der Waals surface area contributed by atoms with Gasteiger partial charge in [0, 0.05) is 31.6 Å². The molecule has 0 radical (unpaired) electrons. The van der Waals surface area contributed by atoms with Gasteiger partial charge < -0.3 is 15.5 Å². The zero-order valence-corrected chi connectivity index (χ0v) is 14.4.